The fourth-order valence-corrected chi connectivity index (χ4v) is 1.77. The second-order valence-electron chi connectivity index (χ2n) is 2.97. The number of rotatable bonds is 2. The SMILES string of the molecule is CS(=O)(=O)Cc1cc(F)c(F)cc1O. The summed E-state index contributed by atoms with van der Waals surface area (Å²) in [6.45, 7) is 0. The molecule has 0 aliphatic carbocycles. The number of halogens is 2. The number of phenols is 1. The van der Waals surface area contributed by atoms with Gasteiger partial charge in [0.2, 0.25) is 0 Å². The van der Waals surface area contributed by atoms with Gasteiger partial charge in [-0.25, -0.2) is 17.2 Å². The van der Waals surface area contributed by atoms with Crippen molar-refractivity contribution in [1.82, 2.24) is 0 Å². The normalized spacial score (nSPS) is 11.6. The van der Waals surface area contributed by atoms with E-state index in [1.807, 2.05) is 0 Å². The smallest absolute Gasteiger partial charge is 0.162 e. The lowest BCUT2D eigenvalue weighted by Crippen LogP contribution is -2.02. The highest BCUT2D eigenvalue weighted by atomic mass is 32.2. The lowest BCUT2D eigenvalue weighted by atomic mass is 10.2. The van der Waals surface area contributed by atoms with Gasteiger partial charge in [0.25, 0.3) is 0 Å². The van der Waals surface area contributed by atoms with Crippen molar-refractivity contribution in [3.05, 3.63) is 29.3 Å². The molecule has 0 heterocycles. The van der Waals surface area contributed by atoms with E-state index in [1.165, 1.54) is 0 Å². The third-order valence-electron chi connectivity index (χ3n) is 1.54. The van der Waals surface area contributed by atoms with Gasteiger partial charge in [-0.2, -0.15) is 0 Å². The Morgan fingerprint density at radius 2 is 1.79 bits per heavy atom. The standard InChI is InChI=1S/C8H8F2O3S/c1-14(12,13)4-5-2-6(9)7(10)3-8(5)11/h2-3,11H,4H2,1H3. The maximum Gasteiger partial charge on any atom is 0.162 e. The summed E-state index contributed by atoms with van der Waals surface area (Å²) in [7, 11) is -3.38. The fraction of sp³-hybridized carbons (Fsp3) is 0.250. The molecule has 14 heavy (non-hydrogen) atoms. The van der Waals surface area contributed by atoms with Gasteiger partial charge < -0.3 is 5.11 Å². The molecule has 1 aromatic rings. The van der Waals surface area contributed by atoms with Crippen molar-refractivity contribution in [1.29, 1.82) is 0 Å². The lowest BCUT2D eigenvalue weighted by Gasteiger charge is -2.03. The van der Waals surface area contributed by atoms with Crippen molar-refractivity contribution in [2.75, 3.05) is 6.26 Å². The number of sulfone groups is 1. The molecular formula is C8H8F2O3S. The van der Waals surface area contributed by atoms with Crippen LogP contribution in [0.2, 0.25) is 0 Å². The molecule has 0 fully saturated rings. The van der Waals surface area contributed by atoms with Crippen molar-refractivity contribution in [3.8, 4) is 5.75 Å². The minimum Gasteiger partial charge on any atom is -0.508 e. The van der Waals surface area contributed by atoms with Gasteiger partial charge in [0.05, 0.1) is 5.75 Å². The summed E-state index contributed by atoms with van der Waals surface area (Å²) in [5.74, 6) is -3.47. The summed E-state index contributed by atoms with van der Waals surface area (Å²) < 4.78 is 46.8. The average molecular weight is 222 g/mol. The Morgan fingerprint density at radius 1 is 1.29 bits per heavy atom. The highest BCUT2D eigenvalue weighted by Gasteiger charge is 2.13. The van der Waals surface area contributed by atoms with Gasteiger partial charge in [0, 0.05) is 17.9 Å². The van der Waals surface area contributed by atoms with E-state index in [2.05, 4.69) is 0 Å². The average Bonchev–Trinajstić information content (AvgIpc) is 1.97. The molecule has 1 rings (SSSR count). The topological polar surface area (TPSA) is 54.4 Å². The zero-order valence-electron chi connectivity index (χ0n) is 7.29. The molecule has 0 spiro atoms. The fourth-order valence-electron chi connectivity index (χ4n) is 0.976. The molecule has 0 aliphatic rings. The van der Waals surface area contributed by atoms with E-state index in [1.54, 1.807) is 0 Å². The molecule has 0 saturated carbocycles. The van der Waals surface area contributed by atoms with Gasteiger partial charge in [-0.15, -0.1) is 0 Å². The predicted molar refractivity (Wildman–Crippen MR) is 46.6 cm³/mol. The molecule has 1 aromatic carbocycles. The van der Waals surface area contributed by atoms with Crippen LogP contribution >= 0.6 is 0 Å². The first-order valence-corrected chi connectivity index (χ1v) is 5.70. The third-order valence-corrected chi connectivity index (χ3v) is 2.37. The van der Waals surface area contributed by atoms with Crippen molar-refractivity contribution >= 4 is 9.84 Å². The number of benzene rings is 1. The van der Waals surface area contributed by atoms with Crippen LogP contribution in [0.4, 0.5) is 8.78 Å². The Kier molecular flexibility index (Phi) is 2.75. The molecule has 0 aromatic heterocycles. The maximum atomic E-state index is 12.7. The summed E-state index contributed by atoms with van der Waals surface area (Å²) in [5, 5.41) is 9.11. The van der Waals surface area contributed by atoms with Gasteiger partial charge in [0.15, 0.2) is 21.5 Å². The molecule has 0 aliphatic heterocycles. The molecule has 6 heteroatoms. The Morgan fingerprint density at radius 3 is 2.29 bits per heavy atom. The van der Waals surface area contributed by atoms with Crippen LogP contribution < -0.4 is 0 Å². The van der Waals surface area contributed by atoms with Crippen molar-refractivity contribution in [2.45, 2.75) is 5.75 Å². The highest BCUT2D eigenvalue weighted by molar-refractivity contribution is 7.89. The number of hydrogen-bond donors (Lipinski definition) is 1. The Hall–Kier alpha value is -1.17. The summed E-state index contributed by atoms with van der Waals surface area (Å²) >= 11 is 0. The molecular weight excluding hydrogens is 214 g/mol. The number of phenolic OH excluding ortho intramolecular Hbond substituents is 1. The molecule has 78 valence electrons. The van der Waals surface area contributed by atoms with E-state index < -0.39 is 33.0 Å². The molecule has 0 saturated heterocycles. The summed E-state index contributed by atoms with van der Waals surface area (Å²) in [5.41, 5.74) is -0.147. The minimum atomic E-state index is -3.38. The van der Waals surface area contributed by atoms with Crippen LogP contribution in [0.15, 0.2) is 12.1 Å². The maximum absolute atomic E-state index is 12.7. The Bertz CT molecular complexity index is 454. The largest absolute Gasteiger partial charge is 0.508 e. The van der Waals surface area contributed by atoms with E-state index >= 15 is 0 Å². The Balaban J connectivity index is 3.17. The lowest BCUT2D eigenvalue weighted by molar-refractivity contribution is 0.449. The van der Waals surface area contributed by atoms with Crippen LogP contribution in [0.3, 0.4) is 0 Å². The van der Waals surface area contributed by atoms with E-state index in [4.69, 9.17) is 5.11 Å². The minimum absolute atomic E-state index is 0.147. The molecule has 0 unspecified atom stereocenters. The second kappa shape index (κ2) is 3.53. The summed E-state index contributed by atoms with van der Waals surface area (Å²) in [6, 6.07) is 1.22. The molecule has 0 bridgehead atoms. The van der Waals surface area contributed by atoms with E-state index in [0.717, 1.165) is 6.26 Å². The monoisotopic (exact) mass is 222 g/mol. The third kappa shape index (κ3) is 2.66. The molecule has 0 atom stereocenters. The summed E-state index contributed by atoms with van der Waals surface area (Å²) in [4.78, 5) is 0. The van der Waals surface area contributed by atoms with Gasteiger partial charge in [-0.3, -0.25) is 0 Å². The first-order valence-electron chi connectivity index (χ1n) is 3.64. The number of aromatic hydroxyl groups is 1. The zero-order chi connectivity index (χ0) is 10.9. The van der Waals surface area contributed by atoms with E-state index in [9.17, 15) is 17.2 Å². The molecule has 3 nitrogen and oxygen atoms in total. The zero-order valence-corrected chi connectivity index (χ0v) is 8.11. The molecule has 0 radical (unpaired) electrons. The first-order chi connectivity index (χ1) is 6.29. The van der Waals surface area contributed by atoms with E-state index in [-0.39, 0.29) is 5.56 Å². The summed E-state index contributed by atoms with van der Waals surface area (Å²) in [6.07, 6.45) is 0.938. The van der Waals surface area contributed by atoms with E-state index in [0.29, 0.717) is 12.1 Å². The molecule has 0 amide bonds. The van der Waals surface area contributed by atoms with Crippen LogP contribution in [-0.4, -0.2) is 19.8 Å². The van der Waals surface area contributed by atoms with Crippen molar-refractivity contribution < 1.29 is 22.3 Å². The van der Waals surface area contributed by atoms with Crippen LogP contribution in [0, 0.1) is 11.6 Å². The van der Waals surface area contributed by atoms with Crippen LogP contribution in [0.5, 0.6) is 5.75 Å². The van der Waals surface area contributed by atoms with Gasteiger partial charge in [0.1, 0.15) is 5.75 Å². The van der Waals surface area contributed by atoms with Gasteiger partial charge >= 0.3 is 0 Å². The van der Waals surface area contributed by atoms with Crippen LogP contribution in [-0.2, 0) is 15.6 Å². The van der Waals surface area contributed by atoms with Gasteiger partial charge in [-0.1, -0.05) is 0 Å². The van der Waals surface area contributed by atoms with Gasteiger partial charge in [-0.05, 0) is 6.07 Å². The quantitative estimate of drug-likeness (QED) is 0.818. The number of hydrogen-bond acceptors (Lipinski definition) is 3. The van der Waals surface area contributed by atoms with Crippen molar-refractivity contribution in [2.24, 2.45) is 0 Å². The molecule has 1 N–H and O–H groups in total. The first kappa shape index (κ1) is 10.9. The predicted octanol–water partition coefficient (Wildman–Crippen LogP) is 1.22. The van der Waals surface area contributed by atoms with Crippen molar-refractivity contribution in [3.63, 3.8) is 0 Å². The highest BCUT2D eigenvalue weighted by Crippen LogP contribution is 2.22. The van der Waals surface area contributed by atoms with Crippen LogP contribution in [0.25, 0.3) is 0 Å². The second-order valence-corrected chi connectivity index (χ2v) is 5.11. The Labute approximate surface area is 79.9 Å². The van der Waals surface area contributed by atoms with Crippen LogP contribution in [0.1, 0.15) is 5.56 Å².